The Bertz CT molecular complexity index is 573. The summed E-state index contributed by atoms with van der Waals surface area (Å²) in [5.74, 6) is 0. The van der Waals surface area contributed by atoms with E-state index in [1.165, 1.54) is 11.8 Å². The van der Waals surface area contributed by atoms with Crippen molar-refractivity contribution in [3.05, 3.63) is 52.1 Å². The van der Waals surface area contributed by atoms with Crippen LogP contribution in [0.2, 0.25) is 0 Å². The highest BCUT2D eigenvalue weighted by atomic mass is 79.9. The van der Waals surface area contributed by atoms with Gasteiger partial charge < -0.3 is 0 Å². The summed E-state index contributed by atoms with van der Waals surface area (Å²) in [6.07, 6.45) is 1.75. The number of aromatic nitrogens is 1. The molecule has 0 amide bonds. The van der Waals surface area contributed by atoms with Crippen molar-refractivity contribution in [2.24, 2.45) is 0 Å². The molecular weight excluding hydrogens is 296 g/mol. The highest BCUT2D eigenvalue weighted by Gasteiger charge is 2.05. The lowest BCUT2D eigenvalue weighted by Gasteiger charge is -2.04. The van der Waals surface area contributed by atoms with Crippen LogP contribution >= 0.6 is 27.7 Å². The van der Waals surface area contributed by atoms with E-state index in [2.05, 4.69) is 27.0 Å². The van der Waals surface area contributed by atoms with Crippen LogP contribution in [0.25, 0.3) is 0 Å². The minimum Gasteiger partial charge on any atom is -0.248 e. The Morgan fingerprint density at radius 1 is 1.29 bits per heavy atom. The van der Waals surface area contributed by atoms with Crippen LogP contribution in [0.15, 0.2) is 50.9 Å². The van der Waals surface area contributed by atoms with Gasteiger partial charge in [0.1, 0.15) is 11.1 Å². The first-order valence-electron chi connectivity index (χ1n) is 4.99. The summed E-state index contributed by atoms with van der Waals surface area (Å²) < 4.78 is 0.951. The molecule has 84 valence electrons. The van der Waals surface area contributed by atoms with Crippen LogP contribution in [0.5, 0.6) is 0 Å². The Kier molecular flexibility index (Phi) is 3.82. The number of nitrogens with zero attached hydrogens (tertiary/aromatic N) is 2. The molecule has 0 atom stereocenters. The van der Waals surface area contributed by atoms with Crippen molar-refractivity contribution < 1.29 is 0 Å². The van der Waals surface area contributed by atoms with Gasteiger partial charge in [0.05, 0.1) is 5.56 Å². The molecule has 17 heavy (non-hydrogen) atoms. The third-order valence-corrected chi connectivity index (χ3v) is 3.65. The predicted molar refractivity (Wildman–Crippen MR) is 72.0 cm³/mol. The average Bonchev–Trinajstić information content (AvgIpc) is 2.32. The molecule has 0 fully saturated rings. The van der Waals surface area contributed by atoms with Crippen molar-refractivity contribution in [1.82, 2.24) is 4.98 Å². The van der Waals surface area contributed by atoms with Crippen LogP contribution in [-0.4, -0.2) is 4.98 Å². The van der Waals surface area contributed by atoms with Gasteiger partial charge in [-0.05, 0) is 52.7 Å². The van der Waals surface area contributed by atoms with Crippen LogP contribution in [0.3, 0.4) is 0 Å². The number of hydrogen-bond donors (Lipinski definition) is 0. The normalized spacial score (nSPS) is 9.94. The highest BCUT2D eigenvalue weighted by molar-refractivity contribution is 9.10. The van der Waals surface area contributed by atoms with E-state index in [9.17, 15) is 0 Å². The van der Waals surface area contributed by atoms with Gasteiger partial charge in [-0.25, -0.2) is 4.98 Å². The topological polar surface area (TPSA) is 36.7 Å². The Labute approximate surface area is 113 Å². The number of hydrogen-bond acceptors (Lipinski definition) is 3. The minimum absolute atomic E-state index is 0.685. The van der Waals surface area contributed by atoms with E-state index >= 15 is 0 Å². The average molecular weight is 305 g/mol. The number of nitriles is 1. The smallest absolute Gasteiger partial charge is 0.101 e. The minimum atomic E-state index is 0.685. The number of rotatable bonds is 2. The largest absolute Gasteiger partial charge is 0.248 e. The van der Waals surface area contributed by atoms with Gasteiger partial charge in [0.2, 0.25) is 0 Å². The molecule has 0 aliphatic carbocycles. The van der Waals surface area contributed by atoms with Crippen molar-refractivity contribution in [2.45, 2.75) is 16.8 Å². The third kappa shape index (κ3) is 3.09. The number of pyridine rings is 1. The van der Waals surface area contributed by atoms with Crippen LogP contribution in [0.1, 0.15) is 11.1 Å². The highest BCUT2D eigenvalue weighted by Crippen LogP contribution is 2.30. The molecule has 2 rings (SSSR count). The number of aryl methyl sites for hydroxylation is 1. The standard InChI is InChI=1S/C13H9BrN2S/c1-9-2-3-10(7-15)12(6-9)17-13-5-4-11(14)8-16-13/h2-6,8H,1H3. The maximum absolute atomic E-state index is 9.04. The fraction of sp³-hybridized carbons (Fsp3) is 0.0769. The lowest BCUT2D eigenvalue weighted by molar-refractivity contribution is 1.12. The summed E-state index contributed by atoms with van der Waals surface area (Å²) in [5, 5.41) is 9.92. The van der Waals surface area contributed by atoms with Gasteiger partial charge in [-0.15, -0.1) is 0 Å². The molecule has 0 N–H and O–H groups in total. The predicted octanol–water partition coefficient (Wildman–Crippen LogP) is 4.18. The van der Waals surface area contributed by atoms with Gasteiger partial charge in [-0.3, -0.25) is 0 Å². The molecule has 0 spiro atoms. The Balaban J connectivity index is 2.32. The van der Waals surface area contributed by atoms with Crippen molar-refractivity contribution in [1.29, 1.82) is 5.26 Å². The van der Waals surface area contributed by atoms with E-state index in [0.29, 0.717) is 5.56 Å². The maximum Gasteiger partial charge on any atom is 0.101 e. The molecule has 0 saturated heterocycles. The lowest BCUT2D eigenvalue weighted by atomic mass is 10.2. The van der Waals surface area contributed by atoms with Gasteiger partial charge >= 0.3 is 0 Å². The molecule has 4 heteroatoms. The molecule has 0 radical (unpaired) electrons. The lowest BCUT2D eigenvalue weighted by Crippen LogP contribution is -1.85. The molecule has 1 aromatic carbocycles. The Hall–Kier alpha value is -1.31. The second kappa shape index (κ2) is 5.35. The molecular formula is C13H9BrN2S. The number of benzene rings is 1. The second-order valence-electron chi connectivity index (χ2n) is 3.53. The van der Waals surface area contributed by atoms with Crippen molar-refractivity contribution >= 4 is 27.7 Å². The van der Waals surface area contributed by atoms with Crippen LogP contribution in [-0.2, 0) is 0 Å². The van der Waals surface area contributed by atoms with Gasteiger partial charge in [0.15, 0.2) is 0 Å². The summed E-state index contributed by atoms with van der Waals surface area (Å²) in [5.41, 5.74) is 1.83. The number of halogens is 1. The van der Waals surface area contributed by atoms with Crippen LogP contribution < -0.4 is 0 Å². The van der Waals surface area contributed by atoms with E-state index in [-0.39, 0.29) is 0 Å². The van der Waals surface area contributed by atoms with Crippen molar-refractivity contribution in [3.63, 3.8) is 0 Å². The molecule has 0 aliphatic heterocycles. The van der Waals surface area contributed by atoms with E-state index in [4.69, 9.17) is 5.26 Å². The van der Waals surface area contributed by atoms with Gasteiger partial charge in [-0.1, -0.05) is 17.8 Å². The monoisotopic (exact) mass is 304 g/mol. The van der Waals surface area contributed by atoms with Gasteiger partial charge in [0, 0.05) is 15.6 Å². The fourth-order valence-corrected chi connectivity index (χ4v) is 2.51. The maximum atomic E-state index is 9.04. The molecule has 2 nitrogen and oxygen atoms in total. The Morgan fingerprint density at radius 2 is 2.12 bits per heavy atom. The van der Waals surface area contributed by atoms with E-state index < -0.39 is 0 Å². The molecule has 0 aliphatic rings. The summed E-state index contributed by atoms with van der Waals surface area (Å²) in [6, 6.07) is 11.9. The first kappa shape index (κ1) is 12.2. The van der Waals surface area contributed by atoms with E-state index in [0.717, 1.165) is 20.0 Å². The SMILES string of the molecule is Cc1ccc(C#N)c(Sc2ccc(Br)cn2)c1. The van der Waals surface area contributed by atoms with E-state index in [1.54, 1.807) is 6.20 Å². The zero-order valence-corrected chi connectivity index (χ0v) is 11.5. The Morgan fingerprint density at radius 3 is 2.76 bits per heavy atom. The summed E-state index contributed by atoms with van der Waals surface area (Å²) in [7, 11) is 0. The zero-order valence-electron chi connectivity index (χ0n) is 9.14. The fourth-order valence-electron chi connectivity index (χ4n) is 1.34. The second-order valence-corrected chi connectivity index (χ2v) is 5.51. The van der Waals surface area contributed by atoms with E-state index in [1.807, 2.05) is 37.3 Å². The third-order valence-electron chi connectivity index (χ3n) is 2.17. The van der Waals surface area contributed by atoms with Gasteiger partial charge in [0.25, 0.3) is 0 Å². The molecule has 0 unspecified atom stereocenters. The first-order valence-corrected chi connectivity index (χ1v) is 6.60. The zero-order chi connectivity index (χ0) is 12.3. The summed E-state index contributed by atoms with van der Waals surface area (Å²) >= 11 is 4.85. The molecule has 2 aromatic rings. The van der Waals surface area contributed by atoms with Crippen molar-refractivity contribution in [3.8, 4) is 6.07 Å². The summed E-state index contributed by atoms with van der Waals surface area (Å²) in [6.45, 7) is 2.01. The molecule has 1 aromatic heterocycles. The molecule has 0 bridgehead atoms. The first-order chi connectivity index (χ1) is 8.19. The molecule has 1 heterocycles. The van der Waals surface area contributed by atoms with Crippen LogP contribution in [0.4, 0.5) is 0 Å². The summed E-state index contributed by atoms with van der Waals surface area (Å²) in [4.78, 5) is 5.23. The van der Waals surface area contributed by atoms with Gasteiger partial charge in [-0.2, -0.15) is 5.26 Å². The van der Waals surface area contributed by atoms with Crippen LogP contribution in [0, 0.1) is 18.3 Å². The van der Waals surface area contributed by atoms with Crippen molar-refractivity contribution in [2.75, 3.05) is 0 Å². The molecule has 0 saturated carbocycles. The quantitative estimate of drug-likeness (QED) is 0.835.